The lowest BCUT2D eigenvalue weighted by Gasteiger charge is -2.23. The lowest BCUT2D eigenvalue weighted by atomic mass is 9.85. The molecule has 0 saturated heterocycles. The number of fused-ring (bicyclic) bond motifs is 1. The van der Waals surface area contributed by atoms with E-state index in [9.17, 15) is 0 Å². The Morgan fingerprint density at radius 3 is 1.50 bits per heavy atom. The first kappa shape index (κ1) is 33.3. The average Bonchev–Trinajstić information content (AvgIpc) is 3.69. The second kappa shape index (κ2) is 14.0. The van der Waals surface area contributed by atoms with Gasteiger partial charge in [0, 0.05) is 30.6 Å². The molecule has 4 rings (SSSR count). The Labute approximate surface area is 268 Å². The van der Waals surface area contributed by atoms with E-state index in [-0.39, 0.29) is 10.8 Å². The monoisotopic (exact) mass is 622 g/mol. The normalized spacial score (nSPS) is 12.6. The third-order valence-electron chi connectivity index (χ3n) is 9.16. The highest BCUT2D eigenvalue weighted by atomic mass is 32.1. The molecule has 0 bridgehead atoms. The summed E-state index contributed by atoms with van der Waals surface area (Å²) in [6.07, 6.45) is 13.9. The van der Waals surface area contributed by atoms with E-state index in [0.717, 1.165) is 17.5 Å². The molecule has 230 valence electrons. The summed E-state index contributed by atoms with van der Waals surface area (Å²) in [5.74, 6) is 0. The minimum Gasteiger partial charge on any atom is -0.172 e. The van der Waals surface area contributed by atoms with Gasteiger partial charge in [-0.1, -0.05) is 93.9 Å². The SMILES string of the molecule is CCCCCCc1cc(-c2c(C)c(C)c(-c3cc(CCCCCC)c(C(C)(C)CC)s3)c3nsnc23)sc1C(C)(C)C. The van der Waals surface area contributed by atoms with Crippen LogP contribution in [0.4, 0.5) is 0 Å². The minimum absolute atomic E-state index is 0.137. The Morgan fingerprint density at radius 1 is 0.619 bits per heavy atom. The molecule has 0 saturated carbocycles. The molecule has 3 heterocycles. The fourth-order valence-corrected chi connectivity index (χ4v) is 9.59. The maximum absolute atomic E-state index is 4.98. The largest absolute Gasteiger partial charge is 0.172 e. The van der Waals surface area contributed by atoms with E-state index < -0.39 is 0 Å². The molecule has 0 radical (unpaired) electrons. The topological polar surface area (TPSA) is 25.8 Å². The number of unbranched alkanes of at least 4 members (excludes halogenated alkanes) is 6. The van der Waals surface area contributed by atoms with Gasteiger partial charge in [-0.05, 0) is 91.2 Å². The summed E-state index contributed by atoms with van der Waals surface area (Å²) in [5.41, 5.74) is 10.9. The molecule has 0 amide bonds. The Balaban J connectivity index is 1.83. The molecule has 4 aromatic rings. The second-order valence-corrected chi connectivity index (χ2v) is 16.6. The number of aromatic nitrogens is 2. The molecule has 0 aliphatic rings. The molecule has 0 atom stereocenters. The van der Waals surface area contributed by atoms with Crippen LogP contribution in [-0.2, 0) is 23.7 Å². The van der Waals surface area contributed by atoms with Gasteiger partial charge in [-0.2, -0.15) is 8.75 Å². The summed E-state index contributed by atoms with van der Waals surface area (Å²) in [4.78, 5) is 5.84. The third kappa shape index (κ3) is 7.05. The Hall–Kier alpha value is -1.56. The van der Waals surface area contributed by atoms with Crippen molar-refractivity contribution in [2.45, 2.75) is 151 Å². The molecule has 0 unspecified atom stereocenters. The molecule has 0 aliphatic heterocycles. The van der Waals surface area contributed by atoms with Gasteiger partial charge in [-0.15, -0.1) is 22.7 Å². The maximum atomic E-state index is 4.98. The van der Waals surface area contributed by atoms with Crippen LogP contribution in [0.25, 0.3) is 31.9 Å². The average molecular weight is 623 g/mol. The van der Waals surface area contributed by atoms with Crippen molar-refractivity contribution >= 4 is 45.4 Å². The van der Waals surface area contributed by atoms with E-state index in [4.69, 9.17) is 8.75 Å². The maximum Gasteiger partial charge on any atom is 0.114 e. The number of rotatable bonds is 14. The second-order valence-electron chi connectivity index (χ2n) is 14.0. The van der Waals surface area contributed by atoms with Crippen molar-refractivity contribution in [1.82, 2.24) is 8.75 Å². The van der Waals surface area contributed by atoms with E-state index in [0.29, 0.717) is 0 Å². The van der Waals surface area contributed by atoms with Gasteiger partial charge < -0.3 is 0 Å². The fraction of sp³-hybridized carbons (Fsp3) is 0.622. The van der Waals surface area contributed by atoms with Crippen LogP contribution in [-0.4, -0.2) is 8.75 Å². The highest BCUT2D eigenvalue weighted by molar-refractivity contribution is 7.16. The van der Waals surface area contributed by atoms with Gasteiger partial charge in [0.05, 0.1) is 11.7 Å². The number of benzene rings is 1. The lowest BCUT2D eigenvalue weighted by Crippen LogP contribution is -2.15. The molecule has 2 nitrogen and oxygen atoms in total. The Bertz CT molecular complexity index is 1470. The molecule has 3 aromatic heterocycles. The van der Waals surface area contributed by atoms with Gasteiger partial charge in [-0.3, -0.25) is 0 Å². The van der Waals surface area contributed by atoms with Crippen molar-refractivity contribution in [3.8, 4) is 20.9 Å². The van der Waals surface area contributed by atoms with Crippen molar-refractivity contribution in [2.24, 2.45) is 0 Å². The summed E-state index contributed by atoms with van der Waals surface area (Å²) in [5, 5.41) is 0. The first-order chi connectivity index (χ1) is 19.9. The zero-order chi connectivity index (χ0) is 30.7. The lowest BCUT2D eigenvalue weighted by molar-refractivity contribution is 0.510. The predicted molar refractivity (Wildman–Crippen MR) is 191 cm³/mol. The quantitative estimate of drug-likeness (QED) is 0.131. The predicted octanol–water partition coefficient (Wildman–Crippen LogP) is 13.0. The smallest absolute Gasteiger partial charge is 0.114 e. The zero-order valence-corrected chi connectivity index (χ0v) is 30.5. The van der Waals surface area contributed by atoms with E-state index in [1.54, 1.807) is 10.4 Å². The number of nitrogens with zero attached hydrogens (tertiary/aromatic N) is 2. The molecule has 0 N–H and O–H groups in total. The van der Waals surface area contributed by atoms with Gasteiger partial charge in [0.25, 0.3) is 0 Å². The van der Waals surface area contributed by atoms with Gasteiger partial charge in [0.2, 0.25) is 0 Å². The fourth-order valence-electron chi connectivity index (χ4n) is 6.18. The van der Waals surface area contributed by atoms with Crippen LogP contribution < -0.4 is 0 Å². The van der Waals surface area contributed by atoms with Gasteiger partial charge in [0.1, 0.15) is 11.0 Å². The molecule has 5 heteroatoms. The summed E-state index contributed by atoms with van der Waals surface area (Å²) < 4.78 is 9.96. The van der Waals surface area contributed by atoms with Crippen molar-refractivity contribution in [1.29, 1.82) is 0 Å². The summed E-state index contributed by atoms with van der Waals surface area (Å²) in [7, 11) is 0. The van der Waals surface area contributed by atoms with Gasteiger partial charge >= 0.3 is 0 Å². The molecule has 0 spiro atoms. The van der Waals surface area contributed by atoms with Crippen LogP contribution in [0.5, 0.6) is 0 Å². The van der Waals surface area contributed by atoms with Crippen molar-refractivity contribution in [2.75, 3.05) is 0 Å². The van der Waals surface area contributed by atoms with Crippen LogP contribution >= 0.6 is 34.4 Å². The highest BCUT2D eigenvalue weighted by Gasteiger charge is 2.29. The summed E-state index contributed by atoms with van der Waals surface area (Å²) >= 11 is 5.38. The van der Waals surface area contributed by atoms with E-state index >= 15 is 0 Å². The number of hydrogen-bond acceptors (Lipinski definition) is 5. The molecule has 0 aliphatic carbocycles. The molecular formula is C37H54N2S3. The van der Waals surface area contributed by atoms with Crippen molar-refractivity contribution in [3.63, 3.8) is 0 Å². The van der Waals surface area contributed by atoms with Crippen LogP contribution in [0, 0.1) is 13.8 Å². The number of hydrogen-bond donors (Lipinski definition) is 0. The standard InChI is InChI=1S/C37H54N2S3/c1-11-14-16-18-20-26-22-28(40-34(26)36(6,7)8)30-24(4)25(5)31(33-32(30)38-42-39-33)29-23-27(21-19-17-15-12-2)35(41-29)37(9,10)13-3/h22-23H,11-21H2,1-10H3. The first-order valence-corrected chi connectivity index (χ1v) is 18.8. The first-order valence-electron chi connectivity index (χ1n) is 16.5. The number of aryl methyl sites for hydroxylation is 2. The van der Waals surface area contributed by atoms with Crippen LogP contribution in [0.15, 0.2) is 12.1 Å². The van der Waals surface area contributed by atoms with Crippen molar-refractivity contribution < 1.29 is 0 Å². The molecule has 1 aromatic carbocycles. The highest BCUT2D eigenvalue weighted by Crippen LogP contribution is 2.48. The van der Waals surface area contributed by atoms with E-state index in [1.807, 2.05) is 22.7 Å². The molecular weight excluding hydrogens is 569 g/mol. The van der Waals surface area contributed by atoms with E-state index in [2.05, 4.69) is 81.4 Å². The molecule has 0 fully saturated rings. The molecule has 42 heavy (non-hydrogen) atoms. The summed E-state index contributed by atoms with van der Waals surface area (Å²) in [6, 6.07) is 5.01. The zero-order valence-electron chi connectivity index (χ0n) is 28.1. The van der Waals surface area contributed by atoms with E-state index in [1.165, 1.54) is 118 Å². The van der Waals surface area contributed by atoms with Gasteiger partial charge in [0.15, 0.2) is 0 Å². The van der Waals surface area contributed by atoms with Crippen molar-refractivity contribution in [3.05, 3.63) is 44.1 Å². The Kier molecular flexibility index (Phi) is 11.1. The minimum atomic E-state index is 0.137. The summed E-state index contributed by atoms with van der Waals surface area (Å²) in [6.45, 7) is 23.5. The van der Waals surface area contributed by atoms with Crippen LogP contribution in [0.3, 0.4) is 0 Å². The number of thiophene rings is 2. The van der Waals surface area contributed by atoms with Crippen LogP contribution in [0.2, 0.25) is 0 Å². The van der Waals surface area contributed by atoms with Crippen LogP contribution in [0.1, 0.15) is 145 Å². The Morgan fingerprint density at radius 2 is 1.07 bits per heavy atom. The third-order valence-corrected chi connectivity index (χ3v) is 12.9. The van der Waals surface area contributed by atoms with Gasteiger partial charge in [-0.25, -0.2) is 0 Å².